The van der Waals surface area contributed by atoms with Crippen LogP contribution in [0.25, 0.3) is 0 Å². The third kappa shape index (κ3) is 2.21. The first-order valence-electron chi connectivity index (χ1n) is 6.08. The van der Waals surface area contributed by atoms with E-state index in [1.165, 1.54) is 29.4 Å². The lowest BCUT2D eigenvalue weighted by atomic mass is 9.93. The van der Waals surface area contributed by atoms with Crippen molar-refractivity contribution in [3.8, 4) is 0 Å². The Morgan fingerprint density at radius 3 is 2.38 bits per heavy atom. The van der Waals surface area contributed by atoms with Crippen molar-refractivity contribution >= 4 is 29.1 Å². The molecule has 0 N–H and O–H groups in total. The molecule has 2 heterocycles. The van der Waals surface area contributed by atoms with E-state index in [1.54, 1.807) is 18.2 Å². The van der Waals surface area contributed by atoms with Crippen LogP contribution in [0.2, 0.25) is 0 Å². The summed E-state index contributed by atoms with van der Waals surface area (Å²) in [7, 11) is 0. The Morgan fingerprint density at radius 2 is 1.81 bits per heavy atom. The molecule has 0 bridgehead atoms. The molecule has 1 aromatic heterocycles. The van der Waals surface area contributed by atoms with Gasteiger partial charge in [-0.2, -0.15) is 0 Å². The number of rotatable bonds is 3. The molecule has 7 nitrogen and oxygen atoms in total. The number of benzene rings is 1. The minimum Gasteiger partial charge on any atom is -0.273 e. The van der Waals surface area contributed by atoms with E-state index in [2.05, 4.69) is 9.97 Å². The average molecular weight is 305 g/mol. The van der Waals surface area contributed by atoms with E-state index < -0.39 is 16.3 Å². The fourth-order valence-corrected chi connectivity index (χ4v) is 2.57. The van der Waals surface area contributed by atoms with Crippen LogP contribution in [0, 0.1) is 10.1 Å². The Labute approximate surface area is 124 Å². The van der Waals surface area contributed by atoms with E-state index in [4.69, 9.17) is 11.6 Å². The average Bonchev–Trinajstić information content (AvgIpc) is 2.52. The number of aromatic nitrogens is 2. The van der Waals surface area contributed by atoms with Crippen LogP contribution in [-0.4, -0.2) is 26.2 Å². The minimum absolute atomic E-state index is 0.0157. The van der Waals surface area contributed by atoms with Crippen molar-refractivity contribution < 1.29 is 9.72 Å². The highest BCUT2D eigenvalue weighted by molar-refractivity contribution is 6.37. The number of carbonyl (C=O) groups is 1. The standard InChI is InChI=1S/C13H9ClN4O3/c14-10-11(8-2-4-9(5-3-8)18(20)21)17(12(10)19)13-15-6-1-7-16-13/h1-7,10-11H. The molecule has 1 aromatic carbocycles. The second-order valence-electron chi connectivity index (χ2n) is 4.45. The molecule has 21 heavy (non-hydrogen) atoms. The number of alkyl halides is 1. The van der Waals surface area contributed by atoms with E-state index in [1.807, 2.05) is 0 Å². The number of β-lactam (4-membered cyclic amide) rings is 1. The summed E-state index contributed by atoms with van der Waals surface area (Å²) in [6, 6.07) is 7.15. The molecule has 1 aliphatic rings. The zero-order valence-electron chi connectivity index (χ0n) is 10.6. The monoisotopic (exact) mass is 304 g/mol. The van der Waals surface area contributed by atoms with Gasteiger partial charge in [0.15, 0.2) is 0 Å². The maximum Gasteiger partial charge on any atom is 0.269 e. The van der Waals surface area contributed by atoms with Gasteiger partial charge in [0.2, 0.25) is 5.95 Å². The summed E-state index contributed by atoms with van der Waals surface area (Å²) < 4.78 is 0. The van der Waals surface area contributed by atoms with Gasteiger partial charge in [0.25, 0.3) is 11.6 Å². The molecule has 2 aromatic rings. The number of anilines is 1. The van der Waals surface area contributed by atoms with Gasteiger partial charge in [0.1, 0.15) is 5.38 Å². The topological polar surface area (TPSA) is 89.2 Å². The highest BCUT2D eigenvalue weighted by Gasteiger charge is 2.49. The van der Waals surface area contributed by atoms with E-state index >= 15 is 0 Å². The summed E-state index contributed by atoms with van der Waals surface area (Å²) in [5.74, 6) is -0.0195. The molecule has 1 aliphatic heterocycles. The predicted molar refractivity (Wildman–Crippen MR) is 75.0 cm³/mol. The Kier molecular flexibility index (Phi) is 3.26. The molecule has 8 heteroatoms. The van der Waals surface area contributed by atoms with Crippen LogP contribution >= 0.6 is 11.6 Å². The Balaban J connectivity index is 1.93. The first-order valence-corrected chi connectivity index (χ1v) is 6.52. The molecule has 1 fully saturated rings. The fraction of sp³-hybridized carbons (Fsp3) is 0.154. The van der Waals surface area contributed by atoms with Crippen LogP contribution in [0.4, 0.5) is 11.6 Å². The van der Waals surface area contributed by atoms with Crippen molar-refractivity contribution in [3.63, 3.8) is 0 Å². The van der Waals surface area contributed by atoms with Gasteiger partial charge < -0.3 is 0 Å². The summed E-state index contributed by atoms with van der Waals surface area (Å²) in [4.78, 5) is 31.6. The zero-order chi connectivity index (χ0) is 15.0. The smallest absolute Gasteiger partial charge is 0.269 e. The predicted octanol–water partition coefficient (Wildman–Crippen LogP) is 2.08. The number of nitro benzene ring substituents is 1. The minimum atomic E-state index is -0.727. The number of carbonyl (C=O) groups excluding carboxylic acids is 1. The molecule has 0 saturated carbocycles. The van der Waals surface area contributed by atoms with Crippen LogP contribution < -0.4 is 4.90 Å². The molecular weight excluding hydrogens is 296 g/mol. The summed E-state index contributed by atoms with van der Waals surface area (Å²) in [6.07, 6.45) is 3.06. The first kappa shape index (κ1) is 13.4. The Bertz CT molecular complexity index is 692. The van der Waals surface area contributed by atoms with Crippen molar-refractivity contribution in [2.24, 2.45) is 0 Å². The molecule has 1 amide bonds. The van der Waals surface area contributed by atoms with E-state index in [9.17, 15) is 14.9 Å². The molecule has 0 spiro atoms. The van der Waals surface area contributed by atoms with Gasteiger partial charge in [-0.1, -0.05) is 12.1 Å². The lowest BCUT2D eigenvalue weighted by Gasteiger charge is -2.42. The van der Waals surface area contributed by atoms with Crippen molar-refractivity contribution in [3.05, 3.63) is 58.4 Å². The van der Waals surface area contributed by atoms with E-state index in [0.29, 0.717) is 5.56 Å². The van der Waals surface area contributed by atoms with Gasteiger partial charge in [-0.25, -0.2) is 9.97 Å². The normalized spacial score (nSPS) is 21.0. The highest BCUT2D eigenvalue weighted by atomic mass is 35.5. The molecular formula is C13H9ClN4O3. The molecule has 0 aliphatic carbocycles. The van der Waals surface area contributed by atoms with Crippen LogP contribution in [0.5, 0.6) is 0 Å². The van der Waals surface area contributed by atoms with E-state index in [-0.39, 0.29) is 17.5 Å². The van der Waals surface area contributed by atoms with Gasteiger partial charge in [0.05, 0.1) is 11.0 Å². The number of nitro groups is 1. The third-order valence-electron chi connectivity index (χ3n) is 3.24. The summed E-state index contributed by atoms with van der Waals surface area (Å²) in [6.45, 7) is 0. The van der Waals surface area contributed by atoms with Crippen molar-refractivity contribution in [2.45, 2.75) is 11.4 Å². The number of amides is 1. The van der Waals surface area contributed by atoms with Crippen molar-refractivity contribution in [1.82, 2.24) is 9.97 Å². The SMILES string of the molecule is O=C1C(Cl)C(c2ccc([N+](=O)[O-])cc2)N1c1ncccn1. The molecule has 3 rings (SSSR count). The Morgan fingerprint density at radius 1 is 1.19 bits per heavy atom. The molecule has 0 radical (unpaired) electrons. The molecule has 1 saturated heterocycles. The van der Waals surface area contributed by atoms with Gasteiger partial charge in [-0.3, -0.25) is 19.8 Å². The molecule has 2 unspecified atom stereocenters. The largest absolute Gasteiger partial charge is 0.273 e. The quantitative estimate of drug-likeness (QED) is 0.375. The maximum absolute atomic E-state index is 11.9. The van der Waals surface area contributed by atoms with Crippen LogP contribution in [0.1, 0.15) is 11.6 Å². The molecule has 106 valence electrons. The Hall–Kier alpha value is -2.54. The molecule has 2 atom stereocenters. The lowest BCUT2D eigenvalue weighted by molar-refractivity contribution is -0.384. The van der Waals surface area contributed by atoms with Crippen molar-refractivity contribution in [1.29, 1.82) is 0 Å². The fourth-order valence-electron chi connectivity index (χ4n) is 2.20. The van der Waals surface area contributed by atoms with Gasteiger partial charge in [0, 0.05) is 24.5 Å². The number of non-ortho nitro benzene ring substituents is 1. The maximum atomic E-state index is 11.9. The summed E-state index contributed by atoms with van der Waals surface area (Å²) in [5, 5.41) is 9.94. The second-order valence-corrected chi connectivity index (χ2v) is 4.92. The van der Waals surface area contributed by atoms with E-state index in [0.717, 1.165) is 0 Å². The summed E-state index contributed by atoms with van der Waals surface area (Å²) >= 11 is 6.07. The number of halogens is 1. The lowest BCUT2D eigenvalue weighted by Crippen LogP contribution is -2.57. The first-order chi connectivity index (χ1) is 10.1. The van der Waals surface area contributed by atoms with Crippen LogP contribution in [0.3, 0.4) is 0 Å². The summed E-state index contributed by atoms with van der Waals surface area (Å²) in [5.41, 5.74) is 0.686. The third-order valence-corrected chi connectivity index (χ3v) is 3.67. The zero-order valence-corrected chi connectivity index (χ0v) is 11.3. The van der Waals surface area contributed by atoms with Gasteiger partial charge >= 0.3 is 0 Å². The number of nitrogens with zero attached hydrogens (tertiary/aromatic N) is 4. The highest BCUT2D eigenvalue weighted by Crippen LogP contribution is 2.40. The van der Waals surface area contributed by atoms with Crippen molar-refractivity contribution in [2.75, 3.05) is 4.90 Å². The number of hydrogen-bond acceptors (Lipinski definition) is 5. The van der Waals surface area contributed by atoms with Gasteiger partial charge in [-0.15, -0.1) is 11.6 Å². The van der Waals surface area contributed by atoms with Crippen LogP contribution in [0.15, 0.2) is 42.7 Å². The van der Waals surface area contributed by atoms with Gasteiger partial charge in [-0.05, 0) is 11.6 Å². The van der Waals surface area contributed by atoms with Crippen LogP contribution in [-0.2, 0) is 4.79 Å². The second kappa shape index (κ2) is 5.10. The number of hydrogen-bond donors (Lipinski definition) is 0.